The Hall–Kier alpha value is -0.300. The van der Waals surface area contributed by atoms with E-state index in [1.54, 1.807) is 0 Å². The molecule has 0 radical (unpaired) electrons. The van der Waals surface area contributed by atoms with Gasteiger partial charge in [-0.3, -0.25) is 0 Å². The van der Waals surface area contributed by atoms with Gasteiger partial charge < -0.3 is 5.32 Å². The second-order valence-electron chi connectivity index (χ2n) is 2.36. The minimum Gasteiger partial charge on any atom is -0.316 e. The molecule has 0 bridgehead atoms. The molecule has 0 aromatic carbocycles. The summed E-state index contributed by atoms with van der Waals surface area (Å²) in [4.78, 5) is 0. The van der Waals surface area contributed by atoms with Crippen LogP contribution in [0.1, 0.15) is 26.7 Å². The molecule has 1 N–H and O–H groups in total. The zero-order valence-corrected chi connectivity index (χ0v) is 6.70. The highest BCUT2D eigenvalue weighted by atomic mass is 14.8. The number of hydrogen-bond donors (Lipinski definition) is 1. The van der Waals surface area contributed by atoms with Crippen molar-refractivity contribution in [3.05, 3.63) is 11.6 Å². The van der Waals surface area contributed by atoms with Gasteiger partial charge in [-0.2, -0.15) is 0 Å². The summed E-state index contributed by atoms with van der Waals surface area (Å²) in [5.41, 5.74) is 1.49. The molecule has 0 rings (SSSR count). The lowest BCUT2D eigenvalue weighted by molar-refractivity contribution is 0.868. The van der Waals surface area contributed by atoms with Crippen molar-refractivity contribution in [3.8, 4) is 0 Å². The summed E-state index contributed by atoms with van der Waals surface area (Å²) in [6.45, 7) is 5.39. The molecule has 0 saturated heterocycles. The maximum atomic E-state index is 3.08. The van der Waals surface area contributed by atoms with Crippen LogP contribution in [0.2, 0.25) is 0 Å². The first kappa shape index (κ1) is 8.70. The second kappa shape index (κ2) is 5.83. The Balaban J connectivity index is 3.30. The molecule has 0 aliphatic rings. The van der Waals surface area contributed by atoms with Crippen molar-refractivity contribution >= 4 is 0 Å². The Morgan fingerprint density at radius 2 is 2.22 bits per heavy atom. The molecule has 54 valence electrons. The lowest BCUT2D eigenvalue weighted by Crippen LogP contribution is -2.04. The summed E-state index contributed by atoms with van der Waals surface area (Å²) in [6.07, 6.45) is 4.73. The second-order valence-corrected chi connectivity index (χ2v) is 2.36. The van der Waals surface area contributed by atoms with Gasteiger partial charge in [0.2, 0.25) is 0 Å². The third kappa shape index (κ3) is 5.57. The molecule has 9 heavy (non-hydrogen) atoms. The fraction of sp³-hybridized carbons (Fsp3) is 0.750. The van der Waals surface area contributed by atoms with Crippen molar-refractivity contribution < 1.29 is 0 Å². The average Bonchev–Trinajstić information content (AvgIpc) is 1.85. The Morgan fingerprint density at radius 1 is 1.56 bits per heavy atom. The first-order valence-corrected chi connectivity index (χ1v) is 3.61. The van der Waals surface area contributed by atoms with Gasteiger partial charge in [0.15, 0.2) is 0 Å². The SMILES string of the molecule is CCC/C(C)=C\CNC. The van der Waals surface area contributed by atoms with Crippen LogP contribution in [0.5, 0.6) is 0 Å². The van der Waals surface area contributed by atoms with Crippen LogP contribution in [0.3, 0.4) is 0 Å². The quantitative estimate of drug-likeness (QED) is 0.569. The molecule has 0 aromatic heterocycles. The third-order valence-corrected chi connectivity index (χ3v) is 1.30. The normalized spacial score (nSPS) is 12.1. The Bertz CT molecular complexity index is 84.6. The van der Waals surface area contributed by atoms with Gasteiger partial charge in [0.1, 0.15) is 0 Å². The van der Waals surface area contributed by atoms with E-state index in [2.05, 4.69) is 25.2 Å². The summed E-state index contributed by atoms with van der Waals surface area (Å²) in [5, 5.41) is 3.08. The summed E-state index contributed by atoms with van der Waals surface area (Å²) < 4.78 is 0. The van der Waals surface area contributed by atoms with Crippen LogP contribution in [0, 0.1) is 0 Å². The van der Waals surface area contributed by atoms with Crippen molar-refractivity contribution in [1.29, 1.82) is 0 Å². The van der Waals surface area contributed by atoms with E-state index in [-0.39, 0.29) is 0 Å². The van der Waals surface area contributed by atoms with Crippen molar-refractivity contribution in [2.75, 3.05) is 13.6 Å². The van der Waals surface area contributed by atoms with Gasteiger partial charge in [-0.25, -0.2) is 0 Å². The van der Waals surface area contributed by atoms with E-state index in [0.717, 1.165) is 6.54 Å². The average molecular weight is 127 g/mol. The van der Waals surface area contributed by atoms with E-state index < -0.39 is 0 Å². The first-order chi connectivity index (χ1) is 4.31. The zero-order valence-electron chi connectivity index (χ0n) is 6.70. The Labute approximate surface area is 58.2 Å². The Kier molecular flexibility index (Phi) is 5.64. The lowest BCUT2D eigenvalue weighted by Gasteiger charge is -1.96. The molecule has 0 aromatic rings. The van der Waals surface area contributed by atoms with Crippen LogP contribution in [-0.2, 0) is 0 Å². The largest absolute Gasteiger partial charge is 0.316 e. The fourth-order valence-corrected chi connectivity index (χ4v) is 0.773. The van der Waals surface area contributed by atoms with E-state index in [9.17, 15) is 0 Å². The molecule has 0 aliphatic carbocycles. The minimum absolute atomic E-state index is 1.01. The van der Waals surface area contributed by atoms with Crippen molar-refractivity contribution in [1.82, 2.24) is 5.32 Å². The van der Waals surface area contributed by atoms with Gasteiger partial charge in [-0.15, -0.1) is 0 Å². The van der Waals surface area contributed by atoms with Crippen LogP contribution in [0.4, 0.5) is 0 Å². The molecular weight excluding hydrogens is 110 g/mol. The van der Waals surface area contributed by atoms with Crippen molar-refractivity contribution in [2.24, 2.45) is 0 Å². The summed E-state index contributed by atoms with van der Waals surface area (Å²) in [6, 6.07) is 0. The van der Waals surface area contributed by atoms with Gasteiger partial charge in [0, 0.05) is 6.54 Å². The van der Waals surface area contributed by atoms with Crippen molar-refractivity contribution in [3.63, 3.8) is 0 Å². The van der Waals surface area contributed by atoms with Crippen molar-refractivity contribution in [2.45, 2.75) is 26.7 Å². The third-order valence-electron chi connectivity index (χ3n) is 1.30. The molecule has 1 nitrogen and oxygen atoms in total. The molecule has 1 heteroatoms. The zero-order chi connectivity index (χ0) is 7.11. The molecule has 0 heterocycles. The highest BCUT2D eigenvalue weighted by molar-refractivity contribution is 4.98. The predicted octanol–water partition coefficient (Wildman–Crippen LogP) is 1.95. The highest BCUT2D eigenvalue weighted by Crippen LogP contribution is 2.00. The van der Waals surface area contributed by atoms with Gasteiger partial charge >= 0.3 is 0 Å². The lowest BCUT2D eigenvalue weighted by atomic mass is 10.2. The number of nitrogens with one attached hydrogen (secondary N) is 1. The number of allylic oxidation sites excluding steroid dienone is 1. The summed E-state index contributed by atoms with van der Waals surface area (Å²) >= 11 is 0. The van der Waals surface area contributed by atoms with Crippen LogP contribution in [-0.4, -0.2) is 13.6 Å². The molecule has 0 fully saturated rings. The van der Waals surface area contributed by atoms with Gasteiger partial charge in [-0.1, -0.05) is 25.0 Å². The standard InChI is InChI=1S/C8H17N/c1-4-5-8(2)6-7-9-3/h6,9H,4-5,7H2,1-3H3/b8-6-. The smallest absolute Gasteiger partial charge is 0.0134 e. The van der Waals surface area contributed by atoms with E-state index in [0.29, 0.717) is 0 Å². The van der Waals surface area contributed by atoms with Crippen LogP contribution in [0.25, 0.3) is 0 Å². The Morgan fingerprint density at radius 3 is 2.67 bits per heavy atom. The molecule has 0 unspecified atom stereocenters. The van der Waals surface area contributed by atoms with Crippen LogP contribution in [0.15, 0.2) is 11.6 Å². The molecular formula is C8H17N. The molecule has 0 atom stereocenters. The monoisotopic (exact) mass is 127 g/mol. The van der Waals surface area contributed by atoms with E-state index in [1.165, 1.54) is 18.4 Å². The summed E-state index contributed by atoms with van der Waals surface area (Å²) in [5.74, 6) is 0. The van der Waals surface area contributed by atoms with E-state index in [4.69, 9.17) is 0 Å². The topological polar surface area (TPSA) is 12.0 Å². The highest BCUT2D eigenvalue weighted by Gasteiger charge is 1.83. The van der Waals surface area contributed by atoms with Crippen LogP contribution < -0.4 is 5.32 Å². The minimum atomic E-state index is 1.01. The molecule has 0 spiro atoms. The number of hydrogen-bond acceptors (Lipinski definition) is 1. The first-order valence-electron chi connectivity index (χ1n) is 3.61. The van der Waals surface area contributed by atoms with Gasteiger partial charge in [0.05, 0.1) is 0 Å². The number of likely N-dealkylation sites (N-methyl/N-ethyl adjacent to an activating group) is 1. The molecule has 0 aliphatic heterocycles. The van der Waals surface area contributed by atoms with Gasteiger partial charge in [-0.05, 0) is 20.4 Å². The molecule has 0 amide bonds. The van der Waals surface area contributed by atoms with Crippen LogP contribution >= 0.6 is 0 Å². The molecule has 0 saturated carbocycles. The van der Waals surface area contributed by atoms with E-state index in [1.807, 2.05) is 7.05 Å². The number of rotatable bonds is 4. The summed E-state index contributed by atoms with van der Waals surface area (Å²) in [7, 11) is 1.97. The van der Waals surface area contributed by atoms with E-state index >= 15 is 0 Å². The predicted molar refractivity (Wildman–Crippen MR) is 42.6 cm³/mol. The maximum Gasteiger partial charge on any atom is 0.0134 e. The maximum absolute atomic E-state index is 3.08. The van der Waals surface area contributed by atoms with Gasteiger partial charge in [0.25, 0.3) is 0 Å². The fourth-order valence-electron chi connectivity index (χ4n) is 0.773.